The van der Waals surface area contributed by atoms with Gasteiger partial charge in [-0.2, -0.15) is 0 Å². The summed E-state index contributed by atoms with van der Waals surface area (Å²) in [5.74, 6) is 0.715. The molecule has 1 amide bonds. The van der Waals surface area contributed by atoms with Crippen molar-refractivity contribution < 1.29 is 9.53 Å². The fourth-order valence-electron chi connectivity index (χ4n) is 1.97. The minimum Gasteiger partial charge on any atom is -0.483 e. The molecule has 0 aliphatic rings. The summed E-state index contributed by atoms with van der Waals surface area (Å²) in [6, 6.07) is 17.4. The van der Waals surface area contributed by atoms with E-state index < -0.39 is 0 Å². The first-order valence-corrected chi connectivity index (χ1v) is 6.74. The van der Waals surface area contributed by atoms with Gasteiger partial charge in [0, 0.05) is 12.7 Å². The minimum absolute atomic E-state index is 0.0441. The van der Waals surface area contributed by atoms with Crippen LogP contribution in [0, 0.1) is 0 Å². The average Bonchev–Trinajstić information content (AvgIpc) is 2.53. The second kappa shape index (κ2) is 6.75. The second-order valence-electron chi connectivity index (χ2n) is 4.54. The maximum absolute atomic E-state index is 12.1. The Labute approximate surface area is 119 Å². The molecule has 2 aromatic carbocycles. The number of nitrogens with zero attached hydrogens (tertiary/aromatic N) is 1. The molecule has 0 aliphatic carbocycles. The molecular formula is C17H19NO2. The molecule has 0 unspecified atom stereocenters. The summed E-state index contributed by atoms with van der Waals surface area (Å²) in [7, 11) is 1.76. The van der Waals surface area contributed by atoms with E-state index in [1.54, 1.807) is 11.9 Å². The molecule has 2 aromatic rings. The van der Waals surface area contributed by atoms with Crippen LogP contribution in [0.3, 0.4) is 0 Å². The first-order valence-electron chi connectivity index (χ1n) is 6.74. The van der Waals surface area contributed by atoms with Crippen LogP contribution in [-0.4, -0.2) is 19.6 Å². The van der Waals surface area contributed by atoms with Crippen LogP contribution in [0.5, 0.6) is 5.75 Å². The molecule has 0 heterocycles. The molecule has 0 aromatic heterocycles. The van der Waals surface area contributed by atoms with Crippen LogP contribution in [-0.2, 0) is 11.2 Å². The highest BCUT2D eigenvalue weighted by Gasteiger charge is 2.12. The van der Waals surface area contributed by atoms with Crippen LogP contribution in [0.2, 0.25) is 0 Å². The van der Waals surface area contributed by atoms with E-state index in [2.05, 4.69) is 6.92 Å². The van der Waals surface area contributed by atoms with E-state index in [1.807, 2.05) is 54.6 Å². The van der Waals surface area contributed by atoms with Crippen LogP contribution in [0.4, 0.5) is 5.69 Å². The third kappa shape index (κ3) is 3.38. The zero-order valence-electron chi connectivity index (χ0n) is 11.9. The van der Waals surface area contributed by atoms with Crippen molar-refractivity contribution in [2.24, 2.45) is 0 Å². The lowest BCUT2D eigenvalue weighted by Gasteiger charge is -2.18. The summed E-state index contributed by atoms with van der Waals surface area (Å²) < 4.78 is 5.64. The van der Waals surface area contributed by atoms with Gasteiger partial charge >= 0.3 is 0 Å². The van der Waals surface area contributed by atoms with Gasteiger partial charge in [0.15, 0.2) is 6.61 Å². The van der Waals surface area contributed by atoms with Crippen molar-refractivity contribution in [2.45, 2.75) is 13.3 Å². The van der Waals surface area contributed by atoms with E-state index in [0.717, 1.165) is 23.4 Å². The largest absolute Gasteiger partial charge is 0.483 e. The summed E-state index contributed by atoms with van der Waals surface area (Å²) in [6.07, 6.45) is 0.888. The Morgan fingerprint density at radius 2 is 1.70 bits per heavy atom. The number of hydrogen-bond donors (Lipinski definition) is 0. The first-order chi connectivity index (χ1) is 9.72. The highest BCUT2D eigenvalue weighted by Crippen LogP contribution is 2.18. The summed E-state index contributed by atoms with van der Waals surface area (Å²) in [4.78, 5) is 13.7. The van der Waals surface area contributed by atoms with Gasteiger partial charge in [-0.1, -0.05) is 43.3 Å². The molecule has 0 radical (unpaired) electrons. The summed E-state index contributed by atoms with van der Waals surface area (Å²) >= 11 is 0. The van der Waals surface area contributed by atoms with E-state index in [-0.39, 0.29) is 12.5 Å². The van der Waals surface area contributed by atoms with Gasteiger partial charge in [0.1, 0.15) is 5.75 Å². The molecule has 3 nitrogen and oxygen atoms in total. The Bertz CT molecular complexity index is 566. The van der Waals surface area contributed by atoms with E-state index in [1.165, 1.54) is 0 Å². The number of amides is 1. The molecule has 0 saturated heterocycles. The van der Waals surface area contributed by atoms with E-state index >= 15 is 0 Å². The molecule has 0 aliphatic heterocycles. The lowest BCUT2D eigenvalue weighted by molar-refractivity contribution is -0.120. The number of benzene rings is 2. The van der Waals surface area contributed by atoms with Gasteiger partial charge in [-0.25, -0.2) is 0 Å². The van der Waals surface area contributed by atoms with Crippen molar-refractivity contribution in [1.29, 1.82) is 0 Å². The van der Waals surface area contributed by atoms with Crippen LogP contribution in [0.1, 0.15) is 12.5 Å². The molecule has 3 heteroatoms. The molecule has 0 bridgehead atoms. The first kappa shape index (κ1) is 14.1. The smallest absolute Gasteiger partial charge is 0.264 e. The van der Waals surface area contributed by atoms with Crippen molar-refractivity contribution in [1.82, 2.24) is 0 Å². The van der Waals surface area contributed by atoms with Crippen LogP contribution in [0.25, 0.3) is 0 Å². The van der Waals surface area contributed by atoms with E-state index in [9.17, 15) is 4.79 Å². The van der Waals surface area contributed by atoms with Crippen molar-refractivity contribution in [3.8, 4) is 5.75 Å². The highest BCUT2D eigenvalue weighted by atomic mass is 16.5. The SMILES string of the molecule is CCc1ccccc1OCC(=O)N(C)c1ccccc1. The molecular weight excluding hydrogens is 250 g/mol. The Balaban J connectivity index is 1.99. The summed E-state index contributed by atoms with van der Waals surface area (Å²) in [6.45, 7) is 2.11. The predicted molar refractivity (Wildman–Crippen MR) is 81.2 cm³/mol. The lowest BCUT2D eigenvalue weighted by atomic mass is 10.1. The Morgan fingerprint density at radius 1 is 1.05 bits per heavy atom. The van der Waals surface area contributed by atoms with Crippen molar-refractivity contribution in [3.63, 3.8) is 0 Å². The van der Waals surface area contributed by atoms with Crippen molar-refractivity contribution >= 4 is 11.6 Å². The number of aryl methyl sites for hydroxylation is 1. The minimum atomic E-state index is -0.0675. The second-order valence-corrected chi connectivity index (χ2v) is 4.54. The molecule has 104 valence electrons. The number of likely N-dealkylation sites (N-methyl/N-ethyl adjacent to an activating group) is 1. The zero-order chi connectivity index (χ0) is 14.4. The molecule has 0 atom stereocenters. The number of hydrogen-bond acceptors (Lipinski definition) is 2. The number of rotatable bonds is 5. The van der Waals surface area contributed by atoms with Gasteiger partial charge in [-0.05, 0) is 30.2 Å². The maximum atomic E-state index is 12.1. The van der Waals surface area contributed by atoms with Crippen molar-refractivity contribution in [2.75, 3.05) is 18.6 Å². The monoisotopic (exact) mass is 269 g/mol. The third-order valence-electron chi connectivity index (χ3n) is 3.22. The van der Waals surface area contributed by atoms with Crippen LogP contribution < -0.4 is 9.64 Å². The fraction of sp³-hybridized carbons (Fsp3) is 0.235. The van der Waals surface area contributed by atoms with Crippen LogP contribution in [0.15, 0.2) is 54.6 Å². The lowest BCUT2D eigenvalue weighted by Crippen LogP contribution is -2.31. The number of ether oxygens (including phenoxy) is 1. The molecule has 0 saturated carbocycles. The van der Waals surface area contributed by atoms with Crippen molar-refractivity contribution in [3.05, 3.63) is 60.2 Å². The van der Waals surface area contributed by atoms with Gasteiger partial charge in [-0.15, -0.1) is 0 Å². The van der Waals surface area contributed by atoms with Gasteiger partial charge in [0.05, 0.1) is 0 Å². The third-order valence-corrected chi connectivity index (χ3v) is 3.22. The molecule has 20 heavy (non-hydrogen) atoms. The Kier molecular flexibility index (Phi) is 4.77. The summed E-state index contributed by atoms with van der Waals surface area (Å²) in [5.41, 5.74) is 1.98. The number of carbonyl (C=O) groups is 1. The highest BCUT2D eigenvalue weighted by molar-refractivity contribution is 5.93. The number of anilines is 1. The standard InChI is InChI=1S/C17H19NO2/c1-3-14-9-7-8-12-16(14)20-13-17(19)18(2)15-10-5-4-6-11-15/h4-12H,3,13H2,1-2H3. The number of carbonyl (C=O) groups excluding carboxylic acids is 1. The maximum Gasteiger partial charge on any atom is 0.264 e. The number of para-hydroxylation sites is 2. The van der Waals surface area contributed by atoms with Gasteiger partial charge in [0.25, 0.3) is 5.91 Å². The van der Waals surface area contributed by atoms with Crippen LogP contribution >= 0.6 is 0 Å². The molecule has 2 rings (SSSR count). The predicted octanol–water partition coefficient (Wildman–Crippen LogP) is 3.29. The fourth-order valence-corrected chi connectivity index (χ4v) is 1.97. The average molecular weight is 269 g/mol. The summed E-state index contributed by atoms with van der Waals surface area (Å²) in [5, 5.41) is 0. The van der Waals surface area contributed by atoms with Gasteiger partial charge in [-0.3, -0.25) is 4.79 Å². The normalized spacial score (nSPS) is 10.1. The molecule has 0 spiro atoms. The Morgan fingerprint density at radius 3 is 2.40 bits per heavy atom. The molecule has 0 N–H and O–H groups in total. The Hall–Kier alpha value is -2.29. The van der Waals surface area contributed by atoms with E-state index in [0.29, 0.717) is 0 Å². The van der Waals surface area contributed by atoms with E-state index in [4.69, 9.17) is 4.74 Å². The van der Waals surface area contributed by atoms with Gasteiger partial charge < -0.3 is 9.64 Å². The topological polar surface area (TPSA) is 29.5 Å². The zero-order valence-corrected chi connectivity index (χ0v) is 11.9. The molecule has 0 fully saturated rings. The quantitative estimate of drug-likeness (QED) is 0.833. The van der Waals surface area contributed by atoms with Gasteiger partial charge in [0.2, 0.25) is 0 Å².